The SMILES string of the molecule is O=[N+]([O-])c1ccc(NC2CCN(C3Cc4ccccc4C3O)C2)nc1. The first-order valence-electron chi connectivity index (χ1n) is 8.49. The van der Waals surface area contributed by atoms with Gasteiger partial charge in [0.05, 0.1) is 11.0 Å². The van der Waals surface area contributed by atoms with Crippen molar-refractivity contribution >= 4 is 11.5 Å². The molecule has 1 aromatic heterocycles. The maximum absolute atomic E-state index is 10.7. The molecular weight excluding hydrogens is 320 g/mol. The first-order chi connectivity index (χ1) is 12.1. The Morgan fingerprint density at radius 3 is 2.84 bits per heavy atom. The molecule has 3 atom stereocenters. The standard InChI is InChI=1S/C18H20N4O3/c23-18-15-4-2-1-3-12(15)9-16(18)21-8-7-13(11-21)20-17-6-5-14(10-19-17)22(24)25/h1-6,10,13,16,18,23H,7-9,11H2,(H,19,20). The minimum atomic E-state index is -0.451. The summed E-state index contributed by atoms with van der Waals surface area (Å²) < 4.78 is 0. The number of fused-ring (bicyclic) bond motifs is 1. The lowest BCUT2D eigenvalue weighted by molar-refractivity contribution is -0.385. The molecule has 2 N–H and O–H groups in total. The molecule has 1 aromatic carbocycles. The van der Waals surface area contributed by atoms with Crippen molar-refractivity contribution in [3.05, 3.63) is 63.8 Å². The predicted octanol–water partition coefficient (Wildman–Crippen LogP) is 2.13. The molecule has 0 radical (unpaired) electrons. The zero-order valence-electron chi connectivity index (χ0n) is 13.7. The Hall–Kier alpha value is -2.51. The summed E-state index contributed by atoms with van der Waals surface area (Å²) in [5.41, 5.74) is 2.26. The van der Waals surface area contributed by atoms with E-state index in [4.69, 9.17) is 0 Å². The number of anilines is 1. The van der Waals surface area contributed by atoms with Crippen LogP contribution in [0.2, 0.25) is 0 Å². The van der Waals surface area contributed by atoms with Crippen LogP contribution in [0.1, 0.15) is 23.7 Å². The molecule has 4 rings (SSSR count). The molecular formula is C18H20N4O3. The van der Waals surface area contributed by atoms with Crippen molar-refractivity contribution in [1.29, 1.82) is 0 Å². The second kappa shape index (κ2) is 6.42. The van der Waals surface area contributed by atoms with Crippen molar-refractivity contribution < 1.29 is 10.0 Å². The quantitative estimate of drug-likeness (QED) is 0.654. The van der Waals surface area contributed by atoms with Gasteiger partial charge in [-0.3, -0.25) is 15.0 Å². The molecule has 1 aliphatic carbocycles. The molecule has 7 nitrogen and oxygen atoms in total. The van der Waals surface area contributed by atoms with Crippen LogP contribution >= 0.6 is 0 Å². The van der Waals surface area contributed by atoms with Crippen LogP contribution in [-0.2, 0) is 6.42 Å². The number of hydrogen-bond acceptors (Lipinski definition) is 6. The van der Waals surface area contributed by atoms with E-state index in [1.54, 1.807) is 6.07 Å². The fourth-order valence-corrected chi connectivity index (χ4v) is 3.88. The Bertz CT molecular complexity index is 780. The molecule has 3 unspecified atom stereocenters. The van der Waals surface area contributed by atoms with Gasteiger partial charge in [0.25, 0.3) is 5.69 Å². The van der Waals surface area contributed by atoms with Crippen molar-refractivity contribution in [3.63, 3.8) is 0 Å². The van der Waals surface area contributed by atoms with E-state index in [0.717, 1.165) is 31.5 Å². The van der Waals surface area contributed by atoms with Crippen LogP contribution in [-0.4, -0.2) is 45.1 Å². The number of hydrogen-bond donors (Lipinski definition) is 2. The highest BCUT2D eigenvalue weighted by atomic mass is 16.6. The third-order valence-corrected chi connectivity index (χ3v) is 5.17. The highest BCUT2D eigenvalue weighted by Crippen LogP contribution is 2.35. The summed E-state index contributed by atoms with van der Waals surface area (Å²) in [5.74, 6) is 0.646. The molecule has 7 heteroatoms. The Balaban J connectivity index is 1.38. The van der Waals surface area contributed by atoms with E-state index in [1.165, 1.54) is 17.8 Å². The normalized spacial score (nSPS) is 25.7. The van der Waals surface area contributed by atoms with Crippen LogP contribution in [0, 0.1) is 10.1 Å². The molecule has 1 aliphatic heterocycles. The molecule has 130 valence electrons. The van der Waals surface area contributed by atoms with E-state index in [0.29, 0.717) is 5.82 Å². The molecule has 1 fully saturated rings. The van der Waals surface area contributed by atoms with Crippen molar-refractivity contribution in [1.82, 2.24) is 9.88 Å². The summed E-state index contributed by atoms with van der Waals surface area (Å²) in [6.07, 6.45) is 2.66. The maximum atomic E-state index is 10.7. The minimum Gasteiger partial charge on any atom is -0.387 e. The Morgan fingerprint density at radius 1 is 1.28 bits per heavy atom. The molecule has 2 aromatic rings. The molecule has 0 amide bonds. The fourth-order valence-electron chi connectivity index (χ4n) is 3.88. The summed E-state index contributed by atoms with van der Waals surface area (Å²) in [4.78, 5) is 16.7. The van der Waals surface area contributed by atoms with Crippen molar-refractivity contribution in [3.8, 4) is 0 Å². The van der Waals surface area contributed by atoms with E-state index < -0.39 is 11.0 Å². The fraction of sp³-hybridized carbons (Fsp3) is 0.389. The van der Waals surface area contributed by atoms with Crippen molar-refractivity contribution in [2.24, 2.45) is 0 Å². The summed E-state index contributed by atoms with van der Waals surface area (Å²) in [5, 5.41) is 24.6. The number of aliphatic hydroxyl groups is 1. The summed E-state index contributed by atoms with van der Waals surface area (Å²) in [6, 6.07) is 11.5. The number of aromatic nitrogens is 1. The van der Waals surface area contributed by atoms with Crippen LogP contribution in [0.5, 0.6) is 0 Å². The maximum Gasteiger partial charge on any atom is 0.287 e. The summed E-state index contributed by atoms with van der Waals surface area (Å²) >= 11 is 0. The van der Waals surface area contributed by atoms with Gasteiger partial charge < -0.3 is 10.4 Å². The number of nitrogens with zero attached hydrogens (tertiary/aromatic N) is 3. The van der Waals surface area contributed by atoms with Gasteiger partial charge in [-0.05, 0) is 30.0 Å². The third-order valence-electron chi connectivity index (χ3n) is 5.17. The predicted molar refractivity (Wildman–Crippen MR) is 93.4 cm³/mol. The van der Waals surface area contributed by atoms with Gasteiger partial charge in [-0.25, -0.2) is 4.98 Å². The van der Waals surface area contributed by atoms with Crippen LogP contribution in [0.15, 0.2) is 42.6 Å². The van der Waals surface area contributed by atoms with Crippen molar-refractivity contribution in [2.45, 2.75) is 31.0 Å². The monoisotopic (exact) mass is 340 g/mol. The highest BCUT2D eigenvalue weighted by molar-refractivity contribution is 5.41. The molecule has 0 spiro atoms. The van der Waals surface area contributed by atoms with E-state index >= 15 is 0 Å². The number of pyridine rings is 1. The molecule has 1 saturated heterocycles. The van der Waals surface area contributed by atoms with Crippen molar-refractivity contribution in [2.75, 3.05) is 18.4 Å². The Morgan fingerprint density at radius 2 is 2.12 bits per heavy atom. The molecule has 2 heterocycles. The number of nitro groups is 1. The lowest BCUT2D eigenvalue weighted by Gasteiger charge is -2.27. The van der Waals surface area contributed by atoms with Gasteiger partial charge in [-0.2, -0.15) is 0 Å². The van der Waals surface area contributed by atoms with Gasteiger partial charge in [-0.1, -0.05) is 24.3 Å². The average Bonchev–Trinajstić information content (AvgIpc) is 3.20. The molecule has 0 bridgehead atoms. The van der Waals surface area contributed by atoms with Gasteiger partial charge >= 0.3 is 0 Å². The van der Waals surface area contributed by atoms with E-state index in [1.807, 2.05) is 18.2 Å². The summed E-state index contributed by atoms with van der Waals surface area (Å²) in [7, 11) is 0. The molecule has 0 saturated carbocycles. The topological polar surface area (TPSA) is 91.5 Å². The number of aliphatic hydroxyl groups excluding tert-OH is 1. The van der Waals surface area contributed by atoms with Crippen LogP contribution < -0.4 is 5.32 Å². The Labute approximate surface area is 145 Å². The van der Waals surface area contributed by atoms with E-state index in [2.05, 4.69) is 21.3 Å². The zero-order valence-corrected chi connectivity index (χ0v) is 13.7. The number of benzene rings is 1. The minimum absolute atomic E-state index is 0.00885. The Kier molecular flexibility index (Phi) is 4.10. The van der Waals surface area contributed by atoms with Crippen LogP contribution in [0.4, 0.5) is 11.5 Å². The number of likely N-dealkylation sites (tertiary alicyclic amines) is 1. The number of nitrogens with one attached hydrogen (secondary N) is 1. The second-order valence-electron chi connectivity index (χ2n) is 6.70. The first kappa shape index (κ1) is 16.0. The molecule has 2 aliphatic rings. The first-order valence-corrected chi connectivity index (χ1v) is 8.49. The van der Waals surface area contributed by atoms with E-state index in [9.17, 15) is 15.2 Å². The van der Waals surface area contributed by atoms with Gasteiger partial charge in [0.1, 0.15) is 12.0 Å². The largest absolute Gasteiger partial charge is 0.387 e. The van der Waals surface area contributed by atoms with E-state index in [-0.39, 0.29) is 17.8 Å². The smallest absolute Gasteiger partial charge is 0.287 e. The third kappa shape index (κ3) is 3.08. The average molecular weight is 340 g/mol. The van der Waals surface area contributed by atoms with Gasteiger partial charge in [0.15, 0.2) is 0 Å². The molecule has 25 heavy (non-hydrogen) atoms. The van der Waals surface area contributed by atoms with Gasteiger partial charge in [-0.15, -0.1) is 0 Å². The zero-order chi connectivity index (χ0) is 17.4. The second-order valence-corrected chi connectivity index (χ2v) is 6.70. The number of rotatable bonds is 4. The van der Waals surface area contributed by atoms with Gasteiger partial charge in [0, 0.05) is 31.2 Å². The lowest BCUT2D eigenvalue weighted by atomic mass is 10.1. The van der Waals surface area contributed by atoms with Crippen LogP contribution in [0.3, 0.4) is 0 Å². The highest BCUT2D eigenvalue weighted by Gasteiger charge is 2.38. The van der Waals surface area contributed by atoms with Gasteiger partial charge in [0.2, 0.25) is 0 Å². The summed E-state index contributed by atoms with van der Waals surface area (Å²) in [6.45, 7) is 1.74. The van der Waals surface area contributed by atoms with Crippen LogP contribution in [0.25, 0.3) is 0 Å². The lowest BCUT2D eigenvalue weighted by Crippen LogP contribution is -2.38.